The maximum atomic E-state index is 5.47. The number of aryl methyl sites for hydroxylation is 1. The summed E-state index contributed by atoms with van der Waals surface area (Å²) < 4.78 is 6.62. The summed E-state index contributed by atoms with van der Waals surface area (Å²) in [5.41, 5.74) is 1.37. The molecule has 0 aliphatic carbocycles. The van der Waals surface area contributed by atoms with Crippen molar-refractivity contribution in [1.29, 1.82) is 0 Å². The van der Waals surface area contributed by atoms with Gasteiger partial charge < -0.3 is 15.0 Å². The lowest BCUT2D eigenvalue weighted by atomic mass is 10.1. The van der Waals surface area contributed by atoms with Gasteiger partial charge in [-0.3, -0.25) is 9.89 Å². The SMILES string of the molecule is CCNC(=NCCCc1cccc(Br)c1)N1CCC(CN2CCOCC2)C1.I. The second-order valence-electron chi connectivity index (χ2n) is 7.48. The molecule has 1 aromatic rings. The van der Waals surface area contributed by atoms with E-state index in [2.05, 4.69) is 62.2 Å². The highest BCUT2D eigenvalue weighted by Crippen LogP contribution is 2.18. The van der Waals surface area contributed by atoms with Crippen LogP contribution >= 0.6 is 39.9 Å². The molecule has 0 spiro atoms. The minimum atomic E-state index is 0. The van der Waals surface area contributed by atoms with Crippen molar-refractivity contribution in [3.8, 4) is 0 Å². The number of guanidine groups is 1. The fraction of sp³-hybridized carbons (Fsp3) is 0.667. The van der Waals surface area contributed by atoms with E-state index in [9.17, 15) is 0 Å². The number of halogens is 2. The van der Waals surface area contributed by atoms with Gasteiger partial charge in [0, 0.05) is 50.3 Å². The van der Waals surface area contributed by atoms with Gasteiger partial charge in [-0.2, -0.15) is 0 Å². The normalized spacial score (nSPS) is 20.9. The lowest BCUT2D eigenvalue weighted by molar-refractivity contribution is 0.0315. The number of benzene rings is 1. The molecule has 0 saturated carbocycles. The molecule has 1 aromatic carbocycles. The van der Waals surface area contributed by atoms with Crippen LogP contribution in [0.3, 0.4) is 0 Å². The topological polar surface area (TPSA) is 40.1 Å². The third-order valence-corrected chi connectivity index (χ3v) is 5.81. The highest BCUT2D eigenvalue weighted by Gasteiger charge is 2.26. The van der Waals surface area contributed by atoms with Crippen LogP contribution in [0.4, 0.5) is 0 Å². The Hall–Kier alpha value is -0.380. The molecule has 1 N–H and O–H groups in total. The van der Waals surface area contributed by atoms with Gasteiger partial charge in [0.05, 0.1) is 13.2 Å². The Kier molecular flexibility index (Phi) is 11.1. The van der Waals surface area contributed by atoms with E-state index in [4.69, 9.17) is 9.73 Å². The number of hydrogen-bond donors (Lipinski definition) is 1. The molecule has 2 fully saturated rings. The standard InChI is InChI=1S/C21H33BrN4O.HI/c1-2-23-21(24-9-4-6-18-5-3-7-20(22)15-18)26-10-8-19(17-26)16-25-11-13-27-14-12-25;/h3,5,7,15,19H,2,4,6,8-14,16-17H2,1H3,(H,23,24);1H. The summed E-state index contributed by atoms with van der Waals surface area (Å²) in [5.74, 6) is 1.84. The molecule has 1 unspecified atom stereocenters. The molecular formula is C21H34BrIN4O. The number of nitrogens with zero attached hydrogens (tertiary/aromatic N) is 3. The number of likely N-dealkylation sites (tertiary alicyclic amines) is 1. The summed E-state index contributed by atoms with van der Waals surface area (Å²) in [6.07, 6.45) is 3.41. The quantitative estimate of drug-likeness (QED) is 0.238. The Morgan fingerprint density at radius 1 is 1.29 bits per heavy atom. The van der Waals surface area contributed by atoms with Crippen LogP contribution in [0.25, 0.3) is 0 Å². The van der Waals surface area contributed by atoms with Crippen molar-refractivity contribution in [2.45, 2.75) is 26.2 Å². The van der Waals surface area contributed by atoms with E-state index in [1.54, 1.807) is 0 Å². The van der Waals surface area contributed by atoms with Crippen LogP contribution in [0.1, 0.15) is 25.3 Å². The Morgan fingerprint density at radius 2 is 2.11 bits per heavy atom. The van der Waals surface area contributed by atoms with Gasteiger partial charge in [0.1, 0.15) is 0 Å². The summed E-state index contributed by atoms with van der Waals surface area (Å²) in [6.45, 7) is 11.3. The van der Waals surface area contributed by atoms with E-state index in [-0.39, 0.29) is 24.0 Å². The van der Waals surface area contributed by atoms with Gasteiger partial charge in [0.25, 0.3) is 0 Å². The van der Waals surface area contributed by atoms with Crippen LogP contribution in [-0.4, -0.2) is 74.8 Å². The van der Waals surface area contributed by atoms with Gasteiger partial charge >= 0.3 is 0 Å². The van der Waals surface area contributed by atoms with Crippen molar-refractivity contribution >= 4 is 45.9 Å². The second-order valence-corrected chi connectivity index (χ2v) is 8.40. The minimum Gasteiger partial charge on any atom is -0.379 e. The van der Waals surface area contributed by atoms with Crippen molar-refractivity contribution in [1.82, 2.24) is 15.1 Å². The van der Waals surface area contributed by atoms with Crippen LogP contribution in [0.15, 0.2) is 33.7 Å². The maximum Gasteiger partial charge on any atom is 0.193 e. The molecular weight excluding hydrogens is 531 g/mol. The van der Waals surface area contributed by atoms with Gasteiger partial charge in [0.2, 0.25) is 0 Å². The van der Waals surface area contributed by atoms with Gasteiger partial charge in [0.15, 0.2) is 5.96 Å². The highest BCUT2D eigenvalue weighted by molar-refractivity contribution is 14.0. The Labute approximate surface area is 195 Å². The Bertz CT molecular complexity index is 610. The zero-order valence-electron chi connectivity index (χ0n) is 16.9. The lowest BCUT2D eigenvalue weighted by Gasteiger charge is -2.29. The molecule has 1 atom stereocenters. The van der Waals surface area contributed by atoms with Gasteiger partial charge in [-0.1, -0.05) is 28.1 Å². The van der Waals surface area contributed by atoms with E-state index in [0.717, 1.165) is 81.7 Å². The second kappa shape index (κ2) is 13.0. The predicted octanol–water partition coefficient (Wildman–Crippen LogP) is 3.62. The number of nitrogens with one attached hydrogen (secondary N) is 1. The highest BCUT2D eigenvalue weighted by atomic mass is 127. The number of rotatable bonds is 7. The average molecular weight is 565 g/mol. The minimum absolute atomic E-state index is 0. The molecule has 0 bridgehead atoms. The molecule has 2 saturated heterocycles. The van der Waals surface area contributed by atoms with Crippen molar-refractivity contribution in [2.75, 3.05) is 59.0 Å². The van der Waals surface area contributed by atoms with E-state index < -0.39 is 0 Å². The first-order valence-electron chi connectivity index (χ1n) is 10.3. The molecule has 3 rings (SSSR count). The van der Waals surface area contributed by atoms with Gasteiger partial charge in [-0.15, -0.1) is 24.0 Å². The number of aliphatic imine (C=N–C) groups is 1. The summed E-state index contributed by atoms with van der Waals surface area (Å²) in [5, 5.41) is 3.49. The molecule has 0 amide bonds. The monoisotopic (exact) mass is 564 g/mol. The van der Waals surface area contributed by atoms with Crippen molar-refractivity contribution in [3.63, 3.8) is 0 Å². The van der Waals surface area contributed by atoms with Crippen molar-refractivity contribution in [3.05, 3.63) is 34.3 Å². The largest absolute Gasteiger partial charge is 0.379 e. The van der Waals surface area contributed by atoms with Crippen LogP contribution in [0.5, 0.6) is 0 Å². The molecule has 0 aromatic heterocycles. The number of morpholine rings is 1. The number of hydrogen-bond acceptors (Lipinski definition) is 3. The van der Waals surface area contributed by atoms with Crippen molar-refractivity contribution < 1.29 is 4.74 Å². The van der Waals surface area contributed by atoms with E-state index in [1.807, 2.05) is 0 Å². The van der Waals surface area contributed by atoms with Gasteiger partial charge in [-0.05, 0) is 49.8 Å². The van der Waals surface area contributed by atoms with Gasteiger partial charge in [-0.25, -0.2) is 0 Å². The van der Waals surface area contributed by atoms with Crippen LogP contribution in [0, 0.1) is 5.92 Å². The molecule has 0 radical (unpaired) electrons. The predicted molar refractivity (Wildman–Crippen MR) is 131 cm³/mol. The molecule has 2 aliphatic heterocycles. The summed E-state index contributed by atoms with van der Waals surface area (Å²) in [4.78, 5) is 9.91. The molecule has 2 heterocycles. The summed E-state index contributed by atoms with van der Waals surface area (Å²) >= 11 is 3.55. The first kappa shape index (κ1) is 23.9. The van der Waals surface area contributed by atoms with Crippen LogP contribution in [-0.2, 0) is 11.2 Å². The third kappa shape index (κ3) is 7.80. The molecule has 2 aliphatic rings. The zero-order valence-corrected chi connectivity index (χ0v) is 20.8. The smallest absolute Gasteiger partial charge is 0.193 e. The molecule has 158 valence electrons. The fourth-order valence-corrected chi connectivity index (χ4v) is 4.36. The molecule has 7 heteroatoms. The van der Waals surface area contributed by atoms with Crippen molar-refractivity contribution in [2.24, 2.45) is 10.9 Å². The van der Waals surface area contributed by atoms with E-state index in [0.29, 0.717) is 0 Å². The first-order chi connectivity index (χ1) is 13.2. The molecule has 5 nitrogen and oxygen atoms in total. The lowest BCUT2D eigenvalue weighted by Crippen LogP contribution is -2.42. The fourth-order valence-electron chi connectivity index (χ4n) is 3.91. The number of ether oxygens (including phenoxy) is 1. The maximum absolute atomic E-state index is 5.47. The Morgan fingerprint density at radius 3 is 2.86 bits per heavy atom. The third-order valence-electron chi connectivity index (χ3n) is 5.31. The zero-order chi connectivity index (χ0) is 18.9. The first-order valence-corrected chi connectivity index (χ1v) is 11.1. The van der Waals surface area contributed by atoms with Crippen LogP contribution < -0.4 is 5.32 Å². The average Bonchev–Trinajstić information content (AvgIpc) is 3.13. The van der Waals surface area contributed by atoms with E-state index >= 15 is 0 Å². The Balaban J connectivity index is 0.00000280. The van der Waals surface area contributed by atoms with Crippen LogP contribution in [0.2, 0.25) is 0 Å². The van der Waals surface area contributed by atoms with E-state index in [1.165, 1.54) is 18.5 Å². The summed E-state index contributed by atoms with van der Waals surface area (Å²) in [7, 11) is 0. The summed E-state index contributed by atoms with van der Waals surface area (Å²) in [6, 6.07) is 8.57. The molecule has 28 heavy (non-hydrogen) atoms.